The largest absolute Gasteiger partial charge is 0.338 e. The van der Waals surface area contributed by atoms with Crippen molar-refractivity contribution in [1.29, 1.82) is 0 Å². The van der Waals surface area contributed by atoms with Crippen LogP contribution in [0.4, 0.5) is 9.93 Å². The number of halogens is 1. The average molecular weight is 415 g/mol. The van der Waals surface area contributed by atoms with Gasteiger partial charge in [-0.2, -0.15) is 0 Å². The van der Waals surface area contributed by atoms with Gasteiger partial charge < -0.3 is 5.32 Å². The van der Waals surface area contributed by atoms with E-state index < -0.39 is 0 Å². The molecule has 2 amide bonds. The Hall–Kier alpha value is -1.12. The van der Waals surface area contributed by atoms with Crippen LogP contribution in [0.15, 0.2) is 33.1 Å². The van der Waals surface area contributed by atoms with Gasteiger partial charge in [-0.05, 0) is 24.1 Å². The maximum absolute atomic E-state index is 12.0. The highest BCUT2D eigenvalue weighted by Gasteiger charge is 2.15. The number of benzene rings is 1. The number of rotatable bonds is 7. The van der Waals surface area contributed by atoms with Gasteiger partial charge in [0.25, 0.3) is 0 Å². The molecule has 23 heavy (non-hydrogen) atoms. The molecule has 5 nitrogen and oxygen atoms in total. The quantitative estimate of drug-likeness (QED) is 0.410. The fourth-order valence-electron chi connectivity index (χ4n) is 1.70. The zero-order chi connectivity index (χ0) is 16.7. The van der Waals surface area contributed by atoms with Crippen LogP contribution in [-0.4, -0.2) is 29.8 Å². The predicted molar refractivity (Wildman–Crippen MR) is 100 cm³/mol. The number of anilines is 1. The molecule has 0 saturated heterocycles. The molecular weight excluding hydrogens is 396 g/mol. The molecule has 0 aliphatic carbocycles. The van der Waals surface area contributed by atoms with Crippen LogP contribution in [0.1, 0.15) is 25.3 Å². The summed E-state index contributed by atoms with van der Waals surface area (Å²) in [6.45, 7) is 2.78. The van der Waals surface area contributed by atoms with E-state index in [4.69, 9.17) is 0 Å². The van der Waals surface area contributed by atoms with E-state index in [1.165, 1.54) is 21.8 Å². The summed E-state index contributed by atoms with van der Waals surface area (Å²) in [6, 6.07) is 8.06. The number of urea groups is 1. The van der Waals surface area contributed by atoms with Crippen LogP contribution in [0.25, 0.3) is 0 Å². The minimum Gasteiger partial charge on any atom is -0.338 e. The molecule has 0 saturated carbocycles. The average Bonchev–Trinajstić information content (AvgIpc) is 3.02. The fraction of sp³-hybridized carbons (Fsp3) is 0.400. The Morgan fingerprint density at radius 3 is 2.78 bits per heavy atom. The molecule has 0 unspecified atom stereocenters. The first kappa shape index (κ1) is 18.2. The predicted octanol–water partition coefficient (Wildman–Crippen LogP) is 4.54. The first-order chi connectivity index (χ1) is 11.1. The third kappa shape index (κ3) is 5.78. The molecule has 8 heteroatoms. The van der Waals surface area contributed by atoms with E-state index >= 15 is 0 Å². The maximum atomic E-state index is 12.0. The number of hydrogen-bond acceptors (Lipinski definition) is 5. The highest BCUT2D eigenvalue weighted by molar-refractivity contribution is 9.10. The standard InChI is InChI=1S/C15H19BrN4OS2/c1-3-4-9-17-13(21)20(2)14-18-19-15(23-14)22-10-11-5-7-12(16)8-6-11/h5-8H,3-4,9-10H2,1-2H3,(H,17,21). The topological polar surface area (TPSA) is 58.1 Å². The van der Waals surface area contributed by atoms with Crippen LogP contribution in [-0.2, 0) is 5.75 Å². The Morgan fingerprint density at radius 1 is 1.35 bits per heavy atom. The summed E-state index contributed by atoms with van der Waals surface area (Å²) in [5, 5.41) is 11.7. The molecule has 1 heterocycles. The number of carbonyl (C=O) groups excluding carboxylic acids is 1. The monoisotopic (exact) mass is 414 g/mol. The molecule has 0 aliphatic heterocycles. The van der Waals surface area contributed by atoms with Crippen LogP contribution >= 0.6 is 39.0 Å². The van der Waals surface area contributed by atoms with E-state index in [0.29, 0.717) is 11.7 Å². The highest BCUT2D eigenvalue weighted by atomic mass is 79.9. The summed E-state index contributed by atoms with van der Waals surface area (Å²) < 4.78 is 1.93. The molecule has 0 bridgehead atoms. The molecule has 2 rings (SSSR count). The zero-order valence-corrected chi connectivity index (χ0v) is 16.3. The third-order valence-electron chi connectivity index (χ3n) is 3.07. The van der Waals surface area contributed by atoms with E-state index in [1.54, 1.807) is 18.8 Å². The van der Waals surface area contributed by atoms with Crippen LogP contribution in [0.5, 0.6) is 0 Å². The van der Waals surface area contributed by atoms with E-state index in [1.807, 2.05) is 12.1 Å². The van der Waals surface area contributed by atoms with Crippen molar-refractivity contribution < 1.29 is 4.79 Å². The fourth-order valence-corrected chi connectivity index (χ4v) is 3.72. The van der Waals surface area contributed by atoms with E-state index in [0.717, 1.165) is 27.4 Å². The molecule has 0 fully saturated rings. The van der Waals surface area contributed by atoms with Gasteiger partial charge in [0.15, 0.2) is 4.34 Å². The number of thioether (sulfide) groups is 1. The first-order valence-electron chi connectivity index (χ1n) is 7.32. The molecular formula is C15H19BrN4OS2. The molecule has 0 radical (unpaired) electrons. The van der Waals surface area contributed by atoms with E-state index in [9.17, 15) is 4.79 Å². The molecule has 0 spiro atoms. The van der Waals surface area contributed by atoms with Gasteiger partial charge in [0.1, 0.15) is 0 Å². The first-order valence-corrected chi connectivity index (χ1v) is 9.92. The molecule has 0 atom stereocenters. The minimum atomic E-state index is -0.140. The van der Waals surface area contributed by atoms with Crippen molar-refractivity contribution >= 4 is 50.2 Å². The van der Waals surface area contributed by atoms with Crippen molar-refractivity contribution in [2.24, 2.45) is 0 Å². The van der Waals surface area contributed by atoms with Crippen molar-refractivity contribution in [2.45, 2.75) is 29.9 Å². The molecule has 124 valence electrons. The maximum Gasteiger partial charge on any atom is 0.323 e. The lowest BCUT2D eigenvalue weighted by Gasteiger charge is -2.13. The van der Waals surface area contributed by atoms with Crippen molar-refractivity contribution in [3.63, 3.8) is 0 Å². The number of nitrogens with one attached hydrogen (secondary N) is 1. The van der Waals surface area contributed by atoms with Gasteiger partial charge >= 0.3 is 6.03 Å². The lowest BCUT2D eigenvalue weighted by atomic mass is 10.2. The van der Waals surface area contributed by atoms with Gasteiger partial charge in [-0.25, -0.2) is 4.79 Å². The normalized spacial score (nSPS) is 10.6. The minimum absolute atomic E-state index is 0.140. The van der Waals surface area contributed by atoms with Crippen LogP contribution in [0.2, 0.25) is 0 Å². The lowest BCUT2D eigenvalue weighted by molar-refractivity contribution is 0.247. The Bertz CT molecular complexity index is 633. The zero-order valence-electron chi connectivity index (χ0n) is 13.1. The van der Waals surface area contributed by atoms with Crippen molar-refractivity contribution in [3.05, 3.63) is 34.3 Å². The summed E-state index contributed by atoms with van der Waals surface area (Å²) in [4.78, 5) is 13.5. The summed E-state index contributed by atoms with van der Waals surface area (Å²) in [7, 11) is 1.71. The van der Waals surface area contributed by atoms with Gasteiger partial charge in [0.05, 0.1) is 0 Å². The second kappa shape index (κ2) is 9.24. The van der Waals surface area contributed by atoms with Gasteiger partial charge in [-0.15, -0.1) is 10.2 Å². The summed E-state index contributed by atoms with van der Waals surface area (Å²) >= 11 is 6.48. The van der Waals surface area contributed by atoms with Gasteiger partial charge in [0, 0.05) is 23.8 Å². The van der Waals surface area contributed by atoms with Crippen molar-refractivity contribution in [2.75, 3.05) is 18.5 Å². The van der Waals surface area contributed by atoms with Crippen LogP contribution in [0.3, 0.4) is 0 Å². The van der Waals surface area contributed by atoms with Gasteiger partial charge in [-0.1, -0.05) is 64.5 Å². The SMILES string of the molecule is CCCCNC(=O)N(C)c1nnc(SCc2ccc(Br)cc2)s1. The number of aromatic nitrogens is 2. The number of hydrogen-bond donors (Lipinski definition) is 1. The lowest BCUT2D eigenvalue weighted by Crippen LogP contribution is -2.37. The van der Waals surface area contributed by atoms with Crippen molar-refractivity contribution in [1.82, 2.24) is 15.5 Å². The van der Waals surface area contributed by atoms with Crippen LogP contribution in [0, 0.1) is 0 Å². The Morgan fingerprint density at radius 2 is 2.09 bits per heavy atom. The summed E-state index contributed by atoms with van der Waals surface area (Å²) in [5.41, 5.74) is 1.22. The van der Waals surface area contributed by atoms with Crippen LogP contribution < -0.4 is 10.2 Å². The Kier molecular flexibility index (Phi) is 7.32. The number of amides is 2. The third-order valence-corrected chi connectivity index (χ3v) is 5.80. The molecule has 1 N–H and O–H groups in total. The molecule has 2 aromatic rings. The van der Waals surface area contributed by atoms with Gasteiger partial charge in [-0.3, -0.25) is 4.90 Å². The second-order valence-electron chi connectivity index (χ2n) is 4.91. The van der Waals surface area contributed by atoms with E-state index in [-0.39, 0.29) is 6.03 Å². The van der Waals surface area contributed by atoms with E-state index in [2.05, 4.69) is 50.5 Å². The number of unbranched alkanes of at least 4 members (excludes halogenated alkanes) is 1. The van der Waals surface area contributed by atoms with Gasteiger partial charge in [0.2, 0.25) is 5.13 Å². The molecule has 0 aliphatic rings. The number of carbonyl (C=O) groups is 1. The molecule has 1 aromatic heterocycles. The molecule has 1 aromatic carbocycles. The highest BCUT2D eigenvalue weighted by Crippen LogP contribution is 2.30. The second-order valence-corrected chi connectivity index (χ2v) is 8.00. The Labute approximate surface area is 153 Å². The summed E-state index contributed by atoms with van der Waals surface area (Å²) in [5.74, 6) is 0.828. The summed E-state index contributed by atoms with van der Waals surface area (Å²) in [6.07, 6.45) is 2.03. The number of nitrogens with zero attached hydrogens (tertiary/aromatic N) is 3. The van der Waals surface area contributed by atoms with Crippen molar-refractivity contribution in [3.8, 4) is 0 Å². The Balaban J connectivity index is 1.86. The smallest absolute Gasteiger partial charge is 0.323 e.